The Hall–Kier alpha value is -5.09. The predicted molar refractivity (Wildman–Crippen MR) is 208 cm³/mol. The van der Waals surface area contributed by atoms with Gasteiger partial charge in [-0.15, -0.1) is 0 Å². The van der Waals surface area contributed by atoms with Crippen molar-refractivity contribution in [3.63, 3.8) is 0 Å². The Labute approximate surface area is 311 Å². The third-order valence-corrected chi connectivity index (χ3v) is 10.4. The molecule has 278 valence electrons. The molecule has 2 aromatic heterocycles. The molecule has 1 aliphatic heterocycles. The van der Waals surface area contributed by atoms with Crippen molar-refractivity contribution < 1.29 is 19.0 Å². The molecule has 0 radical (unpaired) electrons. The van der Waals surface area contributed by atoms with Crippen LogP contribution in [-0.2, 0) is 29.8 Å². The molecular formula is C43H51N5O5. The van der Waals surface area contributed by atoms with Crippen LogP contribution in [0.2, 0.25) is 0 Å². The Balaban J connectivity index is 1.07. The maximum Gasteiger partial charge on any atom is 0.333 e. The maximum absolute atomic E-state index is 14.0. The summed E-state index contributed by atoms with van der Waals surface area (Å²) in [7, 11) is 1.80. The third kappa shape index (κ3) is 8.60. The van der Waals surface area contributed by atoms with E-state index in [1.165, 1.54) is 0 Å². The van der Waals surface area contributed by atoms with E-state index in [-0.39, 0.29) is 29.9 Å². The van der Waals surface area contributed by atoms with Crippen LogP contribution < -0.4 is 20.5 Å². The number of pyridine rings is 1. The number of benzene rings is 3. The van der Waals surface area contributed by atoms with Crippen LogP contribution in [0.1, 0.15) is 64.0 Å². The molecule has 1 saturated carbocycles. The largest absolute Gasteiger partial charge is 0.473 e. The van der Waals surface area contributed by atoms with Crippen molar-refractivity contribution in [1.29, 1.82) is 0 Å². The van der Waals surface area contributed by atoms with Gasteiger partial charge in [-0.1, -0.05) is 66.7 Å². The molecule has 5 aromatic rings. The van der Waals surface area contributed by atoms with Gasteiger partial charge in [0.15, 0.2) is 0 Å². The van der Waals surface area contributed by atoms with Gasteiger partial charge in [-0.05, 0) is 82.2 Å². The van der Waals surface area contributed by atoms with Gasteiger partial charge in [0.05, 0.1) is 28.9 Å². The highest BCUT2D eigenvalue weighted by Crippen LogP contribution is 2.34. The number of aryl methyl sites for hydroxylation is 1. The van der Waals surface area contributed by atoms with Gasteiger partial charge < -0.3 is 24.4 Å². The van der Waals surface area contributed by atoms with E-state index in [0.29, 0.717) is 42.5 Å². The van der Waals surface area contributed by atoms with Crippen molar-refractivity contribution in [1.82, 2.24) is 19.0 Å². The molecule has 1 saturated heterocycles. The van der Waals surface area contributed by atoms with Crippen molar-refractivity contribution in [2.24, 2.45) is 18.9 Å². The number of aromatic nitrogens is 3. The first-order valence-corrected chi connectivity index (χ1v) is 18.9. The van der Waals surface area contributed by atoms with Crippen LogP contribution in [0, 0.1) is 11.8 Å². The van der Waals surface area contributed by atoms with Crippen LogP contribution in [-0.4, -0.2) is 56.3 Å². The summed E-state index contributed by atoms with van der Waals surface area (Å²) in [5, 5.41) is 3.74. The molecular weight excluding hydrogens is 667 g/mol. The normalized spacial score (nSPS) is 19.0. The van der Waals surface area contributed by atoms with Crippen LogP contribution in [0.3, 0.4) is 0 Å². The highest BCUT2D eigenvalue weighted by Gasteiger charge is 2.34. The topological polar surface area (TPSA) is 99.8 Å². The Morgan fingerprint density at radius 2 is 1.51 bits per heavy atom. The highest BCUT2D eigenvalue weighted by atomic mass is 16.5. The molecule has 10 heteroatoms. The molecule has 1 N–H and O–H groups in total. The monoisotopic (exact) mass is 717 g/mol. The molecule has 1 aliphatic carbocycles. The summed E-state index contributed by atoms with van der Waals surface area (Å²) in [6.45, 7) is 9.18. The molecule has 2 aliphatic rings. The number of hydrogen-bond acceptors (Lipinski definition) is 7. The van der Waals surface area contributed by atoms with Crippen molar-refractivity contribution in [2.75, 3.05) is 25.0 Å². The zero-order chi connectivity index (χ0) is 37.0. The van der Waals surface area contributed by atoms with Gasteiger partial charge >= 0.3 is 5.69 Å². The second-order valence-corrected chi connectivity index (χ2v) is 15.4. The van der Waals surface area contributed by atoms with Crippen molar-refractivity contribution in [3.05, 3.63) is 113 Å². The summed E-state index contributed by atoms with van der Waals surface area (Å²) in [6.07, 6.45) is 4.47. The fraction of sp³-hybridized carbons (Fsp3) is 0.419. The molecule has 3 aromatic carbocycles. The number of carbonyl (C=O) groups excluding carboxylic acids is 1. The number of rotatable bonds is 12. The van der Waals surface area contributed by atoms with Gasteiger partial charge in [0.25, 0.3) is 0 Å². The predicted octanol–water partition coefficient (Wildman–Crippen LogP) is 7.52. The number of amides is 1. The molecule has 7 rings (SSSR count). The van der Waals surface area contributed by atoms with Gasteiger partial charge in [0.1, 0.15) is 18.9 Å². The molecule has 10 nitrogen and oxygen atoms in total. The second kappa shape index (κ2) is 15.9. The van der Waals surface area contributed by atoms with E-state index in [2.05, 4.69) is 31.0 Å². The van der Waals surface area contributed by atoms with Gasteiger partial charge in [-0.25, -0.2) is 4.79 Å². The van der Waals surface area contributed by atoms with Gasteiger partial charge in [-0.3, -0.25) is 13.9 Å². The standard InChI is InChI=1S/C43H51N5O5/c1-43(2,3)53-29-32-24-25-47(26-32)41(49)33-18-20-34(21-19-33)44-35-16-11-17-36-39(35)46(4)42(50)48(36)37-22-23-38(51-27-30-12-7-5-8-13-30)45-40(37)52-28-31-14-9-6-10-15-31/h5-17,22-23,32-34,44H,18-21,24-29H2,1-4H3/t32-,33-,34-/m1/s1. The van der Waals surface area contributed by atoms with Crippen molar-refractivity contribution in [3.8, 4) is 17.4 Å². The van der Waals surface area contributed by atoms with Crippen LogP contribution in [0.5, 0.6) is 11.8 Å². The van der Waals surface area contributed by atoms with E-state index in [0.717, 1.165) is 73.0 Å². The first-order valence-electron chi connectivity index (χ1n) is 18.9. The summed E-state index contributed by atoms with van der Waals surface area (Å²) >= 11 is 0. The summed E-state index contributed by atoms with van der Waals surface area (Å²) in [5.41, 5.74) is 4.61. The average Bonchev–Trinajstić information content (AvgIpc) is 3.75. The lowest BCUT2D eigenvalue weighted by Gasteiger charge is -2.31. The van der Waals surface area contributed by atoms with Crippen molar-refractivity contribution >= 4 is 22.6 Å². The first kappa shape index (κ1) is 36.3. The zero-order valence-electron chi connectivity index (χ0n) is 31.3. The van der Waals surface area contributed by atoms with Crippen LogP contribution in [0.15, 0.2) is 95.8 Å². The van der Waals surface area contributed by atoms with E-state index in [4.69, 9.17) is 19.2 Å². The summed E-state index contributed by atoms with van der Waals surface area (Å²) in [5.74, 6) is 1.46. The van der Waals surface area contributed by atoms with Gasteiger partial charge in [-0.2, -0.15) is 4.98 Å². The Morgan fingerprint density at radius 1 is 0.830 bits per heavy atom. The van der Waals surface area contributed by atoms with E-state index < -0.39 is 0 Å². The number of para-hydroxylation sites is 1. The van der Waals surface area contributed by atoms with Crippen molar-refractivity contribution in [2.45, 2.75) is 77.7 Å². The SMILES string of the molecule is Cn1c(=O)n(-c2ccc(OCc3ccccc3)nc2OCc2ccccc2)c2cccc(N[C@H]3CC[C@H](C(=O)N4CC[C@@H](COC(C)(C)C)C4)CC3)c21. The molecule has 3 heterocycles. The maximum atomic E-state index is 14.0. The zero-order valence-corrected chi connectivity index (χ0v) is 31.3. The minimum absolute atomic E-state index is 0.0537. The van der Waals surface area contributed by atoms with Gasteiger partial charge in [0.2, 0.25) is 17.7 Å². The smallest absolute Gasteiger partial charge is 0.333 e. The number of nitrogens with zero attached hydrogens (tertiary/aromatic N) is 4. The number of nitrogens with one attached hydrogen (secondary N) is 1. The molecule has 53 heavy (non-hydrogen) atoms. The number of ether oxygens (including phenoxy) is 3. The lowest BCUT2D eigenvalue weighted by molar-refractivity contribution is -0.135. The summed E-state index contributed by atoms with van der Waals surface area (Å²) in [4.78, 5) is 34.3. The Kier molecular flexibility index (Phi) is 10.9. The number of anilines is 1. The van der Waals surface area contributed by atoms with E-state index in [1.54, 1.807) is 22.2 Å². The average molecular weight is 718 g/mol. The number of likely N-dealkylation sites (tertiary alicyclic amines) is 1. The summed E-state index contributed by atoms with van der Waals surface area (Å²) < 4.78 is 21.7. The quantitative estimate of drug-likeness (QED) is 0.143. The van der Waals surface area contributed by atoms with Crippen LogP contribution >= 0.6 is 0 Å². The minimum Gasteiger partial charge on any atom is -0.473 e. The Bertz CT molecular complexity index is 2060. The van der Waals surface area contributed by atoms with Crippen LogP contribution in [0.25, 0.3) is 16.7 Å². The van der Waals surface area contributed by atoms with E-state index in [1.807, 2.05) is 84.9 Å². The number of imidazole rings is 1. The molecule has 1 atom stereocenters. The first-order chi connectivity index (χ1) is 25.6. The van der Waals surface area contributed by atoms with Gasteiger partial charge in [0, 0.05) is 44.1 Å². The number of carbonyl (C=O) groups is 1. The fourth-order valence-corrected chi connectivity index (χ4v) is 7.49. The number of fused-ring (bicyclic) bond motifs is 1. The third-order valence-electron chi connectivity index (χ3n) is 10.4. The van der Waals surface area contributed by atoms with Crippen LogP contribution in [0.4, 0.5) is 5.69 Å². The molecule has 0 spiro atoms. The van der Waals surface area contributed by atoms with E-state index >= 15 is 0 Å². The summed E-state index contributed by atoms with van der Waals surface area (Å²) in [6, 6.07) is 29.6. The molecule has 0 bridgehead atoms. The highest BCUT2D eigenvalue weighted by molar-refractivity contribution is 5.90. The molecule has 0 unspecified atom stereocenters. The number of hydrogen-bond donors (Lipinski definition) is 1. The lowest BCUT2D eigenvalue weighted by Crippen LogP contribution is -2.38. The lowest BCUT2D eigenvalue weighted by atomic mass is 9.85. The molecule has 1 amide bonds. The van der Waals surface area contributed by atoms with E-state index in [9.17, 15) is 9.59 Å². The Morgan fingerprint density at radius 3 is 2.19 bits per heavy atom. The second-order valence-electron chi connectivity index (χ2n) is 15.4. The molecule has 2 fully saturated rings. The minimum atomic E-state index is -0.204. The fourth-order valence-electron chi connectivity index (χ4n) is 7.49.